The second kappa shape index (κ2) is 3.89. The molecule has 0 aliphatic carbocycles. The molecule has 0 aromatic carbocycles. The molecule has 0 aliphatic rings. The van der Waals surface area contributed by atoms with Crippen LogP contribution in [0.5, 0.6) is 0 Å². The van der Waals surface area contributed by atoms with Crippen LogP contribution in [0.25, 0.3) is 0 Å². The van der Waals surface area contributed by atoms with Crippen molar-refractivity contribution in [2.45, 2.75) is 0 Å². The minimum atomic E-state index is 1.49. The fraction of sp³-hybridized carbons (Fsp3) is 0.333. The van der Waals surface area contributed by atoms with Crippen LogP contribution in [0.4, 0.5) is 0 Å². The number of rotatable bonds is 1. The molecule has 0 unspecified atom stereocenters. The highest BCUT2D eigenvalue weighted by Crippen LogP contribution is 1.73. The van der Waals surface area contributed by atoms with E-state index in [0.717, 1.165) is 0 Å². The molecule has 0 saturated heterocycles. The summed E-state index contributed by atoms with van der Waals surface area (Å²) in [6, 6.07) is 0. The molecule has 0 amide bonds. The summed E-state index contributed by atoms with van der Waals surface area (Å²) in [6.45, 7) is 0. The van der Waals surface area contributed by atoms with Gasteiger partial charge in [0.15, 0.2) is 0 Å². The molecule has 0 N–H and O–H groups in total. The molecular weight excluding hydrogens is 84.1 g/mol. The third kappa shape index (κ3) is 3.89. The normalized spacial score (nSPS) is 9.20. The van der Waals surface area contributed by atoms with E-state index in [2.05, 4.69) is 17.4 Å². The summed E-state index contributed by atoms with van der Waals surface area (Å²) < 4.78 is 4.43. The standard InChI is InChI=1S/C3H6OS/c1-4-2-3-5/h2-3,5H,1H3/b3-2+. The van der Waals surface area contributed by atoms with Crippen LogP contribution in [0.3, 0.4) is 0 Å². The first-order chi connectivity index (χ1) is 2.41. The Kier molecular flexibility index (Phi) is 3.80. The maximum Gasteiger partial charge on any atom is 0.0884 e. The Hall–Kier alpha value is -0.110. The van der Waals surface area contributed by atoms with Gasteiger partial charge in [-0.3, -0.25) is 0 Å². The molecule has 0 rings (SSSR count). The summed E-state index contributed by atoms with van der Waals surface area (Å²) in [6.07, 6.45) is 1.49. The predicted octanol–water partition coefficient (Wildman–Crippen LogP) is 1.03. The second-order valence-corrected chi connectivity index (χ2v) is 0.819. The van der Waals surface area contributed by atoms with Gasteiger partial charge in [-0.05, 0) is 0 Å². The minimum Gasteiger partial charge on any atom is -0.504 e. The lowest BCUT2D eigenvalue weighted by molar-refractivity contribution is 0.339. The Morgan fingerprint density at radius 1 is 1.80 bits per heavy atom. The second-order valence-electron chi connectivity index (χ2n) is 0.521. The molecule has 0 aromatic rings. The van der Waals surface area contributed by atoms with Crippen molar-refractivity contribution >= 4 is 12.6 Å². The van der Waals surface area contributed by atoms with Gasteiger partial charge in [0.05, 0.1) is 13.4 Å². The quantitative estimate of drug-likeness (QED) is 0.374. The first-order valence-electron chi connectivity index (χ1n) is 1.24. The van der Waals surface area contributed by atoms with Crippen molar-refractivity contribution in [3.8, 4) is 0 Å². The van der Waals surface area contributed by atoms with E-state index in [1.165, 1.54) is 11.7 Å². The zero-order valence-corrected chi connectivity index (χ0v) is 3.90. The summed E-state index contributed by atoms with van der Waals surface area (Å²) >= 11 is 3.70. The molecule has 2 heteroatoms. The molecular formula is C3H6OS. The van der Waals surface area contributed by atoms with Gasteiger partial charge in [-0.15, -0.1) is 12.6 Å². The Balaban J connectivity index is 2.62. The van der Waals surface area contributed by atoms with E-state index in [4.69, 9.17) is 0 Å². The molecule has 0 fully saturated rings. The zero-order valence-electron chi connectivity index (χ0n) is 3.01. The summed E-state index contributed by atoms with van der Waals surface area (Å²) in [5.74, 6) is 0. The van der Waals surface area contributed by atoms with E-state index in [-0.39, 0.29) is 0 Å². The van der Waals surface area contributed by atoms with E-state index >= 15 is 0 Å². The van der Waals surface area contributed by atoms with Crippen molar-refractivity contribution in [1.82, 2.24) is 0 Å². The fourth-order valence-electron chi connectivity index (χ4n) is 0.0609. The van der Waals surface area contributed by atoms with Crippen LogP contribution in [-0.4, -0.2) is 7.11 Å². The number of ether oxygens (including phenoxy) is 1. The predicted molar refractivity (Wildman–Crippen MR) is 25.1 cm³/mol. The summed E-state index contributed by atoms with van der Waals surface area (Å²) in [4.78, 5) is 0. The largest absolute Gasteiger partial charge is 0.504 e. The molecule has 5 heavy (non-hydrogen) atoms. The number of methoxy groups -OCH3 is 1. The summed E-state index contributed by atoms with van der Waals surface area (Å²) in [5, 5.41) is 1.53. The van der Waals surface area contributed by atoms with Gasteiger partial charge in [-0.1, -0.05) is 0 Å². The van der Waals surface area contributed by atoms with Crippen LogP contribution in [0.1, 0.15) is 0 Å². The van der Waals surface area contributed by atoms with Crippen molar-refractivity contribution in [2.24, 2.45) is 0 Å². The molecule has 0 radical (unpaired) electrons. The van der Waals surface area contributed by atoms with Gasteiger partial charge < -0.3 is 4.74 Å². The van der Waals surface area contributed by atoms with Gasteiger partial charge in [-0.25, -0.2) is 0 Å². The Morgan fingerprint density at radius 2 is 2.40 bits per heavy atom. The molecule has 0 heterocycles. The maximum atomic E-state index is 4.43. The molecule has 0 aliphatic heterocycles. The third-order valence-corrected chi connectivity index (χ3v) is 0.319. The molecule has 0 saturated carbocycles. The van der Waals surface area contributed by atoms with Crippen LogP contribution in [-0.2, 0) is 4.74 Å². The zero-order chi connectivity index (χ0) is 4.12. The molecule has 0 spiro atoms. The molecule has 1 nitrogen and oxygen atoms in total. The van der Waals surface area contributed by atoms with Gasteiger partial charge in [-0.2, -0.15) is 0 Å². The molecule has 0 bridgehead atoms. The van der Waals surface area contributed by atoms with Gasteiger partial charge >= 0.3 is 0 Å². The topological polar surface area (TPSA) is 9.23 Å². The van der Waals surface area contributed by atoms with Crippen LogP contribution in [0.2, 0.25) is 0 Å². The average Bonchev–Trinajstić information content (AvgIpc) is 1.41. The number of hydrogen-bond donors (Lipinski definition) is 1. The van der Waals surface area contributed by atoms with Crippen LogP contribution in [0.15, 0.2) is 11.7 Å². The van der Waals surface area contributed by atoms with Crippen molar-refractivity contribution in [2.75, 3.05) is 7.11 Å². The molecule has 30 valence electrons. The van der Waals surface area contributed by atoms with Crippen molar-refractivity contribution in [1.29, 1.82) is 0 Å². The Bertz CT molecular complexity index is 33.9. The van der Waals surface area contributed by atoms with Crippen molar-refractivity contribution in [3.05, 3.63) is 11.7 Å². The summed E-state index contributed by atoms with van der Waals surface area (Å²) in [7, 11) is 1.58. The Labute approximate surface area is 37.0 Å². The lowest BCUT2D eigenvalue weighted by atomic mass is 11.1. The molecule has 0 aromatic heterocycles. The molecule has 0 atom stereocenters. The summed E-state index contributed by atoms with van der Waals surface area (Å²) in [5.41, 5.74) is 0. The highest BCUT2D eigenvalue weighted by atomic mass is 32.1. The first kappa shape index (κ1) is 4.89. The minimum absolute atomic E-state index is 1.49. The van der Waals surface area contributed by atoms with Crippen LogP contribution in [0, 0.1) is 0 Å². The van der Waals surface area contributed by atoms with E-state index < -0.39 is 0 Å². The van der Waals surface area contributed by atoms with E-state index in [0.29, 0.717) is 0 Å². The lowest BCUT2D eigenvalue weighted by Gasteiger charge is -1.76. The Morgan fingerprint density at radius 3 is 2.40 bits per heavy atom. The lowest BCUT2D eigenvalue weighted by Crippen LogP contribution is -1.56. The van der Waals surface area contributed by atoms with Crippen LogP contribution >= 0.6 is 12.6 Å². The van der Waals surface area contributed by atoms with Gasteiger partial charge in [0, 0.05) is 5.41 Å². The fourth-order valence-corrected chi connectivity index (χ4v) is 0.183. The highest BCUT2D eigenvalue weighted by Gasteiger charge is 1.47. The van der Waals surface area contributed by atoms with Crippen molar-refractivity contribution < 1.29 is 4.74 Å². The SMILES string of the molecule is CO/C=C/S. The van der Waals surface area contributed by atoms with Gasteiger partial charge in [0.1, 0.15) is 0 Å². The van der Waals surface area contributed by atoms with Crippen molar-refractivity contribution in [3.63, 3.8) is 0 Å². The van der Waals surface area contributed by atoms with E-state index in [9.17, 15) is 0 Å². The van der Waals surface area contributed by atoms with E-state index in [1.807, 2.05) is 0 Å². The highest BCUT2D eigenvalue weighted by molar-refractivity contribution is 7.83. The number of thiol groups is 1. The smallest absolute Gasteiger partial charge is 0.0884 e. The van der Waals surface area contributed by atoms with Crippen LogP contribution < -0.4 is 0 Å². The first-order valence-corrected chi connectivity index (χ1v) is 1.75. The van der Waals surface area contributed by atoms with Gasteiger partial charge in [0.25, 0.3) is 0 Å². The third-order valence-electron chi connectivity index (χ3n) is 0.197. The monoisotopic (exact) mass is 90.0 g/mol. The van der Waals surface area contributed by atoms with E-state index in [1.54, 1.807) is 7.11 Å². The van der Waals surface area contributed by atoms with Gasteiger partial charge in [0.2, 0.25) is 0 Å². The maximum absolute atomic E-state index is 4.43. The average molecular weight is 90.1 g/mol. The number of hydrogen-bond acceptors (Lipinski definition) is 2.